The second-order valence-electron chi connectivity index (χ2n) is 4.84. The fourth-order valence-corrected chi connectivity index (χ4v) is 3.17. The van der Waals surface area contributed by atoms with Gasteiger partial charge < -0.3 is 4.74 Å². The van der Waals surface area contributed by atoms with Gasteiger partial charge in [0.25, 0.3) is 0 Å². The van der Waals surface area contributed by atoms with Crippen molar-refractivity contribution < 1.29 is 18.3 Å². The van der Waals surface area contributed by atoms with Crippen LogP contribution < -0.4 is 0 Å². The maximum Gasteiger partial charge on any atom is 0.334 e. The zero-order valence-electron chi connectivity index (χ0n) is 11.3. The Balaban J connectivity index is 2.01. The molecule has 0 amide bonds. The summed E-state index contributed by atoms with van der Waals surface area (Å²) in [7, 11) is 1.33. The van der Waals surface area contributed by atoms with Gasteiger partial charge in [-0.05, 0) is 37.5 Å². The lowest BCUT2D eigenvalue weighted by Gasteiger charge is -2.15. The minimum absolute atomic E-state index is 0.364. The number of thioether (sulfide) groups is 1. The number of halogens is 2. The Morgan fingerprint density at radius 2 is 2.00 bits per heavy atom. The standard InChI is InChI=1S/C14H15F2NO2S/c1-14(13(18)19-2)8-20-12(17-14)4-3-9-5-10(15)7-11(16)6-9/h5-7H,3-4,8H2,1-2H3/t14-/m0/s1. The van der Waals surface area contributed by atoms with Crippen molar-refractivity contribution in [2.24, 2.45) is 4.99 Å². The van der Waals surface area contributed by atoms with Crippen LogP contribution in [0.1, 0.15) is 18.9 Å². The molecule has 0 aromatic heterocycles. The Labute approximate surface area is 120 Å². The molecule has 6 heteroatoms. The number of aryl methyl sites for hydroxylation is 1. The molecule has 0 spiro atoms. The van der Waals surface area contributed by atoms with Gasteiger partial charge in [0.05, 0.1) is 12.2 Å². The van der Waals surface area contributed by atoms with Crippen molar-refractivity contribution in [3.8, 4) is 0 Å². The highest BCUT2D eigenvalue weighted by Crippen LogP contribution is 2.30. The van der Waals surface area contributed by atoms with E-state index < -0.39 is 17.2 Å². The van der Waals surface area contributed by atoms with Gasteiger partial charge in [-0.3, -0.25) is 4.99 Å². The molecule has 20 heavy (non-hydrogen) atoms. The monoisotopic (exact) mass is 299 g/mol. The van der Waals surface area contributed by atoms with Gasteiger partial charge in [-0.2, -0.15) is 0 Å². The average molecular weight is 299 g/mol. The molecular formula is C14H15F2NO2S. The van der Waals surface area contributed by atoms with E-state index in [1.54, 1.807) is 6.92 Å². The number of ether oxygens (including phenoxy) is 1. The van der Waals surface area contributed by atoms with E-state index in [0.717, 1.165) is 11.1 Å². The molecule has 0 aliphatic carbocycles. The Kier molecular flexibility index (Phi) is 4.42. The summed E-state index contributed by atoms with van der Waals surface area (Å²) in [5.74, 6) is -0.996. The second kappa shape index (κ2) is 5.91. The molecule has 0 fully saturated rings. The molecule has 0 radical (unpaired) electrons. The van der Waals surface area contributed by atoms with Gasteiger partial charge in [0, 0.05) is 11.8 Å². The first kappa shape index (κ1) is 15.0. The summed E-state index contributed by atoms with van der Waals surface area (Å²) >= 11 is 1.48. The van der Waals surface area contributed by atoms with Crippen LogP contribution in [0.4, 0.5) is 8.78 Å². The van der Waals surface area contributed by atoms with Gasteiger partial charge in [-0.1, -0.05) is 0 Å². The minimum atomic E-state index is -0.845. The summed E-state index contributed by atoms with van der Waals surface area (Å²) in [6, 6.07) is 3.46. The van der Waals surface area contributed by atoms with Crippen molar-refractivity contribution >= 4 is 22.8 Å². The SMILES string of the molecule is COC(=O)[C@]1(C)CSC(CCc2cc(F)cc(F)c2)=N1. The van der Waals surface area contributed by atoms with Crippen molar-refractivity contribution in [2.75, 3.05) is 12.9 Å². The van der Waals surface area contributed by atoms with Crippen LogP contribution in [-0.2, 0) is 16.0 Å². The maximum absolute atomic E-state index is 13.1. The van der Waals surface area contributed by atoms with Crippen molar-refractivity contribution in [3.05, 3.63) is 35.4 Å². The van der Waals surface area contributed by atoms with E-state index in [2.05, 4.69) is 4.99 Å². The third-order valence-corrected chi connectivity index (χ3v) is 4.40. The quantitative estimate of drug-likeness (QED) is 0.802. The Hall–Kier alpha value is -1.43. The molecule has 1 atom stereocenters. The summed E-state index contributed by atoms with van der Waals surface area (Å²) in [5, 5.41) is 0.808. The van der Waals surface area contributed by atoms with E-state index >= 15 is 0 Å². The summed E-state index contributed by atoms with van der Waals surface area (Å²) in [5.41, 5.74) is -0.264. The summed E-state index contributed by atoms with van der Waals surface area (Å²) in [4.78, 5) is 16.0. The molecule has 1 aliphatic heterocycles. The Bertz CT molecular complexity index is 542. The van der Waals surface area contributed by atoms with Gasteiger partial charge >= 0.3 is 5.97 Å². The Morgan fingerprint density at radius 1 is 1.35 bits per heavy atom. The fourth-order valence-electron chi connectivity index (χ4n) is 2.02. The van der Waals surface area contributed by atoms with Crippen LogP contribution in [0.3, 0.4) is 0 Å². The maximum atomic E-state index is 13.1. The molecule has 1 aliphatic rings. The molecule has 1 heterocycles. The summed E-state index contributed by atoms with van der Waals surface area (Å²) < 4.78 is 30.9. The first-order valence-electron chi connectivity index (χ1n) is 6.18. The van der Waals surface area contributed by atoms with E-state index in [9.17, 15) is 13.6 Å². The number of hydrogen-bond acceptors (Lipinski definition) is 4. The molecule has 0 N–H and O–H groups in total. The molecule has 2 rings (SSSR count). The zero-order chi connectivity index (χ0) is 14.8. The third-order valence-electron chi connectivity index (χ3n) is 3.07. The topological polar surface area (TPSA) is 38.7 Å². The fraction of sp³-hybridized carbons (Fsp3) is 0.429. The van der Waals surface area contributed by atoms with Gasteiger partial charge in [0.2, 0.25) is 0 Å². The van der Waals surface area contributed by atoms with E-state index in [1.807, 2.05) is 0 Å². The van der Waals surface area contributed by atoms with E-state index in [0.29, 0.717) is 24.2 Å². The lowest BCUT2D eigenvalue weighted by atomic mass is 10.1. The van der Waals surface area contributed by atoms with Crippen molar-refractivity contribution in [3.63, 3.8) is 0 Å². The molecule has 0 saturated carbocycles. The molecule has 1 aromatic carbocycles. The van der Waals surface area contributed by atoms with Crippen LogP contribution >= 0.6 is 11.8 Å². The van der Waals surface area contributed by atoms with Gasteiger partial charge in [0.1, 0.15) is 11.6 Å². The highest BCUT2D eigenvalue weighted by atomic mass is 32.2. The minimum Gasteiger partial charge on any atom is -0.467 e. The van der Waals surface area contributed by atoms with Crippen LogP contribution in [0.25, 0.3) is 0 Å². The normalized spacial score (nSPS) is 21.7. The first-order valence-corrected chi connectivity index (χ1v) is 7.16. The lowest BCUT2D eigenvalue weighted by molar-refractivity contribution is -0.145. The average Bonchev–Trinajstić information content (AvgIpc) is 2.77. The number of hydrogen-bond donors (Lipinski definition) is 0. The number of methoxy groups -OCH3 is 1. The van der Waals surface area contributed by atoms with Crippen molar-refractivity contribution in [2.45, 2.75) is 25.3 Å². The lowest BCUT2D eigenvalue weighted by Crippen LogP contribution is -2.34. The Morgan fingerprint density at radius 3 is 2.60 bits per heavy atom. The van der Waals surface area contributed by atoms with E-state index in [4.69, 9.17) is 4.74 Å². The molecule has 108 valence electrons. The van der Waals surface area contributed by atoms with Crippen LogP contribution in [0.15, 0.2) is 23.2 Å². The second-order valence-corrected chi connectivity index (χ2v) is 5.89. The summed E-state index contributed by atoms with van der Waals surface area (Å²) in [6.07, 6.45) is 1.04. The number of esters is 1. The highest BCUT2D eigenvalue weighted by Gasteiger charge is 2.38. The van der Waals surface area contributed by atoms with Crippen molar-refractivity contribution in [1.82, 2.24) is 0 Å². The van der Waals surface area contributed by atoms with Crippen molar-refractivity contribution in [1.29, 1.82) is 0 Å². The smallest absolute Gasteiger partial charge is 0.334 e. The van der Waals surface area contributed by atoms with Gasteiger partial charge in [-0.25, -0.2) is 13.6 Å². The molecule has 0 saturated heterocycles. The van der Waals surface area contributed by atoms with Gasteiger partial charge in [-0.15, -0.1) is 11.8 Å². The van der Waals surface area contributed by atoms with Crippen LogP contribution in [0.5, 0.6) is 0 Å². The number of aliphatic imine (C=N–C) groups is 1. The number of benzene rings is 1. The highest BCUT2D eigenvalue weighted by molar-refractivity contribution is 8.14. The predicted molar refractivity (Wildman–Crippen MR) is 75.0 cm³/mol. The van der Waals surface area contributed by atoms with Crippen LogP contribution in [-0.4, -0.2) is 29.4 Å². The van der Waals surface area contributed by atoms with Crippen LogP contribution in [0, 0.1) is 11.6 Å². The van der Waals surface area contributed by atoms with E-state index in [1.165, 1.54) is 31.0 Å². The zero-order valence-corrected chi connectivity index (χ0v) is 12.1. The number of carbonyl (C=O) groups excluding carboxylic acids is 1. The molecule has 0 bridgehead atoms. The number of carbonyl (C=O) groups is 1. The third kappa shape index (κ3) is 3.36. The number of nitrogens with zero attached hydrogens (tertiary/aromatic N) is 1. The van der Waals surface area contributed by atoms with E-state index in [-0.39, 0.29) is 5.97 Å². The summed E-state index contributed by atoms with van der Waals surface area (Å²) in [6.45, 7) is 1.72. The molecule has 3 nitrogen and oxygen atoms in total. The first-order chi connectivity index (χ1) is 9.43. The van der Waals surface area contributed by atoms with Crippen LogP contribution in [0.2, 0.25) is 0 Å². The molecule has 1 aromatic rings. The van der Waals surface area contributed by atoms with Gasteiger partial charge in [0.15, 0.2) is 5.54 Å². The predicted octanol–water partition coefficient (Wildman–Crippen LogP) is 2.97. The molecule has 0 unspecified atom stereocenters. The number of rotatable bonds is 4. The molecular weight excluding hydrogens is 284 g/mol. The largest absolute Gasteiger partial charge is 0.467 e.